The molecule has 4 aromatic rings. The normalized spacial score (nSPS) is 13.6. The first kappa shape index (κ1) is 24.4. The van der Waals surface area contributed by atoms with Crippen molar-refractivity contribution < 1.29 is 27.5 Å². The number of amides is 1. The van der Waals surface area contributed by atoms with Gasteiger partial charge in [-0.05, 0) is 54.4 Å². The highest BCUT2D eigenvalue weighted by atomic mass is 35.5. The average molecular weight is 508 g/mol. The minimum atomic E-state index is -3.90. The first-order valence-electron chi connectivity index (χ1n) is 10.2. The van der Waals surface area contributed by atoms with E-state index in [9.17, 15) is 23.1 Å². The number of nitrogen functional groups attached to an aromatic ring is 1. The van der Waals surface area contributed by atoms with Crippen LogP contribution >= 0.6 is 11.6 Å². The molecule has 0 saturated carbocycles. The Morgan fingerprint density at radius 1 is 1.17 bits per heavy atom. The summed E-state index contributed by atoms with van der Waals surface area (Å²) in [6.45, 7) is -0.519. The first-order chi connectivity index (χ1) is 16.4. The lowest BCUT2D eigenvalue weighted by molar-refractivity contribution is -0.173. The predicted molar refractivity (Wildman–Crippen MR) is 121 cm³/mol. The van der Waals surface area contributed by atoms with Crippen LogP contribution in [0.15, 0.2) is 54.7 Å². The van der Waals surface area contributed by atoms with Crippen molar-refractivity contribution in [3.05, 3.63) is 82.5 Å². The predicted octanol–water partition coefficient (Wildman–Crippen LogP) is 4.18. The number of aliphatic hydroxyl groups is 1. The van der Waals surface area contributed by atoms with Crippen molar-refractivity contribution in [3.8, 4) is 11.1 Å². The van der Waals surface area contributed by atoms with Gasteiger partial charge in [0, 0.05) is 11.8 Å². The summed E-state index contributed by atoms with van der Waals surface area (Å²) in [5.74, 6) is -6.81. The van der Waals surface area contributed by atoms with E-state index in [1.54, 1.807) is 0 Å². The Kier molecular flexibility index (Phi) is 6.16. The zero-order chi connectivity index (χ0) is 25.5. The van der Waals surface area contributed by atoms with Crippen molar-refractivity contribution in [2.75, 3.05) is 12.3 Å². The van der Waals surface area contributed by atoms with E-state index in [1.807, 2.05) is 5.32 Å². The number of anilines is 1. The van der Waals surface area contributed by atoms with Gasteiger partial charge in [0.2, 0.25) is 5.95 Å². The van der Waals surface area contributed by atoms with E-state index in [4.69, 9.17) is 17.3 Å². The maximum absolute atomic E-state index is 15.3. The standard InChI is InChI=1S/C23H18ClF4N5O2/c1-22(35,13-2-4-14(25)5-3-13)23(27,28)11-30-20(34)18-16(24)7-6-15(19(18)26)12-8-9-33-17(10-12)31-21(29)32-33/h2-10,35H,11H2,1H3,(H2,29,32)(H,30,34). The van der Waals surface area contributed by atoms with E-state index in [-0.39, 0.29) is 22.1 Å². The topological polar surface area (TPSA) is 106 Å². The SMILES string of the molecule is CC(O)(c1ccc(F)cc1)C(F)(F)CNC(=O)c1c(Cl)ccc(-c2ccn3nc(N)nc3c2)c1F. The van der Waals surface area contributed by atoms with Gasteiger partial charge in [-0.15, -0.1) is 5.10 Å². The summed E-state index contributed by atoms with van der Waals surface area (Å²) in [6.07, 6.45) is 1.49. The molecule has 35 heavy (non-hydrogen) atoms. The number of halogens is 5. The smallest absolute Gasteiger partial charge is 0.296 e. The van der Waals surface area contributed by atoms with Crippen LogP contribution in [-0.4, -0.2) is 38.1 Å². The average Bonchev–Trinajstić information content (AvgIpc) is 3.17. The maximum atomic E-state index is 15.3. The Balaban J connectivity index is 1.60. The minimum Gasteiger partial charge on any atom is -0.379 e. The molecule has 0 spiro atoms. The number of hydrogen-bond acceptors (Lipinski definition) is 5. The molecule has 0 fully saturated rings. The number of nitrogens with one attached hydrogen (secondary N) is 1. The quantitative estimate of drug-likeness (QED) is 0.339. The third kappa shape index (κ3) is 4.52. The second-order valence-corrected chi connectivity index (χ2v) is 8.35. The van der Waals surface area contributed by atoms with Crippen molar-refractivity contribution in [2.24, 2.45) is 0 Å². The lowest BCUT2D eigenvalue weighted by Gasteiger charge is -2.33. The van der Waals surface area contributed by atoms with E-state index in [0.29, 0.717) is 11.2 Å². The Bertz CT molecular complexity index is 1420. The molecule has 7 nitrogen and oxygen atoms in total. The van der Waals surface area contributed by atoms with Crippen LogP contribution < -0.4 is 11.1 Å². The molecule has 0 saturated heterocycles. The van der Waals surface area contributed by atoms with E-state index < -0.39 is 41.2 Å². The highest BCUT2D eigenvalue weighted by Crippen LogP contribution is 2.37. The van der Waals surface area contributed by atoms with Gasteiger partial charge in [-0.25, -0.2) is 22.1 Å². The van der Waals surface area contributed by atoms with Crippen molar-refractivity contribution in [3.63, 3.8) is 0 Å². The fourth-order valence-corrected chi connectivity index (χ4v) is 3.72. The molecule has 12 heteroatoms. The summed E-state index contributed by atoms with van der Waals surface area (Å²) in [6, 6.07) is 9.41. The molecule has 2 heterocycles. The van der Waals surface area contributed by atoms with Gasteiger partial charge in [-0.3, -0.25) is 4.79 Å². The molecule has 0 aliphatic carbocycles. The van der Waals surface area contributed by atoms with E-state index >= 15 is 4.39 Å². The number of nitrogens with two attached hydrogens (primary N) is 1. The van der Waals surface area contributed by atoms with Gasteiger partial charge in [0.15, 0.2) is 11.2 Å². The largest absolute Gasteiger partial charge is 0.379 e. The number of alkyl halides is 2. The third-order valence-corrected chi connectivity index (χ3v) is 5.89. The zero-order valence-corrected chi connectivity index (χ0v) is 18.8. The number of carbonyl (C=O) groups excluding carboxylic acids is 1. The number of benzene rings is 2. The number of hydrogen-bond donors (Lipinski definition) is 3. The van der Waals surface area contributed by atoms with Crippen molar-refractivity contribution in [1.82, 2.24) is 19.9 Å². The van der Waals surface area contributed by atoms with Crippen LogP contribution in [0.3, 0.4) is 0 Å². The summed E-state index contributed by atoms with van der Waals surface area (Å²) in [5, 5.41) is 16.0. The number of fused-ring (bicyclic) bond motifs is 1. The van der Waals surface area contributed by atoms with Gasteiger partial charge < -0.3 is 16.2 Å². The summed E-state index contributed by atoms with van der Waals surface area (Å²) in [7, 11) is 0. The van der Waals surface area contributed by atoms with E-state index in [1.165, 1.54) is 35.0 Å². The molecular formula is C23H18ClF4N5O2. The van der Waals surface area contributed by atoms with Crippen molar-refractivity contribution in [1.29, 1.82) is 0 Å². The maximum Gasteiger partial charge on any atom is 0.296 e. The van der Waals surface area contributed by atoms with Crippen molar-refractivity contribution in [2.45, 2.75) is 18.4 Å². The molecule has 4 rings (SSSR count). The highest BCUT2D eigenvalue weighted by molar-refractivity contribution is 6.34. The molecular weight excluding hydrogens is 490 g/mol. The molecule has 1 unspecified atom stereocenters. The zero-order valence-electron chi connectivity index (χ0n) is 18.1. The van der Waals surface area contributed by atoms with Crippen LogP contribution in [0.1, 0.15) is 22.8 Å². The second kappa shape index (κ2) is 8.82. The number of rotatable bonds is 6. The molecule has 1 atom stereocenters. The third-order valence-electron chi connectivity index (χ3n) is 5.57. The number of carbonyl (C=O) groups is 1. The lowest BCUT2D eigenvalue weighted by Crippen LogP contribution is -2.50. The Morgan fingerprint density at radius 2 is 1.86 bits per heavy atom. The Morgan fingerprint density at radius 3 is 2.54 bits per heavy atom. The van der Waals surface area contributed by atoms with Crippen LogP contribution in [0.25, 0.3) is 16.8 Å². The first-order valence-corrected chi connectivity index (χ1v) is 10.5. The van der Waals surface area contributed by atoms with Crippen LogP contribution in [0.2, 0.25) is 5.02 Å². The molecule has 0 bridgehead atoms. The lowest BCUT2D eigenvalue weighted by atomic mass is 9.89. The van der Waals surface area contributed by atoms with Crippen LogP contribution in [-0.2, 0) is 5.60 Å². The summed E-state index contributed by atoms with van der Waals surface area (Å²) < 4.78 is 59.5. The van der Waals surface area contributed by atoms with Crippen LogP contribution in [0, 0.1) is 11.6 Å². The van der Waals surface area contributed by atoms with E-state index in [2.05, 4.69) is 10.1 Å². The summed E-state index contributed by atoms with van der Waals surface area (Å²) >= 11 is 6.02. The summed E-state index contributed by atoms with van der Waals surface area (Å²) in [5.41, 5.74) is 2.48. The Hall–Kier alpha value is -3.70. The fraction of sp³-hybridized carbons (Fsp3) is 0.174. The van der Waals surface area contributed by atoms with E-state index in [0.717, 1.165) is 31.2 Å². The number of aromatic nitrogens is 3. The Labute approximate surface area is 201 Å². The molecule has 0 aliphatic rings. The second-order valence-electron chi connectivity index (χ2n) is 7.94. The van der Waals surface area contributed by atoms with Gasteiger partial charge >= 0.3 is 0 Å². The number of pyridine rings is 1. The van der Waals surface area contributed by atoms with Gasteiger partial charge in [0.25, 0.3) is 11.8 Å². The molecule has 0 radical (unpaired) electrons. The van der Waals surface area contributed by atoms with Crippen LogP contribution in [0.5, 0.6) is 0 Å². The molecule has 0 aliphatic heterocycles. The van der Waals surface area contributed by atoms with Crippen LogP contribution in [0.4, 0.5) is 23.5 Å². The molecule has 1 amide bonds. The molecule has 2 aromatic heterocycles. The van der Waals surface area contributed by atoms with Gasteiger partial charge in [-0.1, -0.05) is 23.7 Å². The number of nitrogens with zero attached hydrogens (tertiary/aromatic N) is 3. The minimum absolute atomic E-state index is 0.0104. The molecule has 182 valence electrons. The van der Waals surface area contributed by atoms with Gasteiger partial charge in [0.05, 0.1) is 17.1 Å². The molecule has 4 N–H and O–H groups in total. The fourth-order valence-electron chi connectivity index (χ4n) is 3.49. The van der Waals surface area contributed by atoms with Gasteiger partial charge in [-0.2, -0.15) is 4.98 Å². The summed E-state index contributed by atoms with van der Waals surface area (Å²) in [4.78, 5) is 16.7. The molecule has 2 aromatic carbocycles. The van der Waals surface area contributed by atoms with Crippen molar-refractivity contribution >= 4 is 29.1 Å². The highest BCUT2D eigenvalue weighted by Gasteiger charge is 2.50. The monoisotopic (exact) mass is 507 g/mol. The van der Waals surface area contributed by atoms with Gasteiger partial charge in [0.1, 0.15) is 11.6 Å².